The molecule has 2 aromatic carbocycles. The Kier molecular flexibility index (Phi) is 8.47. The van der Waals surface area contributed by atoms with Crippen LogP contribution in [-0.4, -0.2) is 62.8 Å². The summed E-state index contributed by atoms with van der Waals surface area (Å²) in [6.45, 7) is 14.5. The fraction of sp³-hybridized carbons (Fsp3) is 0.421. The molecule has 0 saturated carbocycles. The van der Waals surface area contributed by atoms with Gasteiger partial charge in [-0.1, -0.05) is 52.0 Å². The average molecular weight is 652 g/mol. The zero-order valence-corrected chi connectivity index (χ0v) is 29.0. The number of carbonyl (C=O) groups excluding carboxylic acids is 3. The van der Waals surface area contributed by atoms with Gasteiger partial charge in [0.15, 0.2) is 0 Å². The highest BCUT2D eigenvalue weighted by atomic mass is 16.6. The molecule has 1 saturated heterocycles. The maximum Gasteiger partial charge on any atom is 0.418 e. The van der Waals surface area contributed by atoms with E-state index >= 15 is 0 Å². The van der Waals surface area contributed by atoms with Crippen LogP contribution >= 0.6 is 0 Å². The van der Waals surface area contributed by atoms with E-state index in [-0.39, 0.29) is 23.3 Å². The van der Waals surface area contributed by atoms with Crippen molar-refractivity contribution in [3.63, 3.8) is 0 Å². The number of amides is 2. The van der Waals surface area contributed by atoms with Crippen molar-refractivity contribution >= 4 is 18.1 Å². The Bertz CT molecular complexity index is 1880. The first-order valence-electron chi connectivity index (χ1n) is 16.6. The minimum Gasteiger partial charge on any atom is -0.453 e. The van der Waals surface area contributed by atoms with Gasteiger partial charge in [0.25, 0.3) is 0 Å². The molecule has 4 aromatic rings. The summed E-state index contributed by atoms with van der Waals surface area (Å²) in [5.74, 6) is 0.498. The van der Waals surface area contributed by atoms with Crippen LogP contribution < -0.4 is 5.32 Å². The van der Waals surface area contributed by atoms with Gasteiger partial charge in [0.05, 0.1) is 30.7 Å². The number of hydrogen-bond acceptors (Lipinski definition) is 6. The highest BCUT2D eigenvalue weighted by molar-refractivity contribution is 5.87. The number of benzene rings is 2. The third-order valence-corrected chi connectivity index (χ3v) is 9.46. The summed E-state index contributed by atoms with van der Waals surface area (Å²) >= 11 is 0. The first kappa shape index (κ1) is 33.1. The fourth-order valence-electron chi connectivity index (χ4n) is 7.00. The summed E-state index contributed by atoms with van der Waals surface area (Å²) in [4.78, 5) is 48.6. The molecule has 10 nitrogen and oxygen atoms in total. The molecule has 0 unspecified atom stereocenters. The number of nitrogens with zero attached hydrogens (tertiary/aromatic N) is 3. The number of likely N-dealkylation sites (tertiary alicyclic amines) is 1. The Morgan fingerprint density at radius 3 is 2.33 bits per heavy atom. The van der Waals surface area contributed by atoms with Gasteiger partial charge in [-0.15, -0.1) is 0 Å². The first-order valence-corrected chi connectivity index (χ1v) is 16.6. The minimum absolute atomic E-state index is 0.101. The molecule has 1 aliphatic carbocycles. The Hall–Kier alpha value is -4.86. The van der Waals surface area contributed by atoms with Crippen molar-refractivity contribution < 1.29 is 23.9 Å². The largest absolute Gasteiger partial charge is 0.453 e. The molecular formula is C38H45N5O5. The monoisotopic (exact) mass is 651 g/mol. The van der Waals surface area contributed by atoms with E-state index in [1.54, 1.807) is 10.8 Å². The maximum atomic E-state index is 13.6. The number of nitrogens with one attached hydrogen (secondary N) is 2. The maximum absolute atomic E-state index is 13.6. The van der Waals surface area contributed by atoms with Gasteiger partial charge in [-0.05, 0) is 97.2 Å². The highest BCUT2D eigenvalue weighted by Crippen LogP contribution is 2.50. The lowest BCUT2D eigenvalue weighted by Gasteiger charge is -2.30. The van der Waals surface area contributed by atoms with Crippen molar-refractivity contribution in [3.8, 4) is 33.6 Å². The lowest BCUT2D eigenvalue weighted by molar-refractivity contribution is -0.135. The van der Waals surface area contributed by atoms with Gasteiger partial charge in [-0.3, -0.25) is 9.36 Å². The molecule has 3 heterocycles. The molecule has 2 amide bonds. The van der Waals surface area contributed by atoms with Gasteiger partial charge in [-0.25, -0.2) is 14.6 Å². The predicted molar refractivity (Wildman–Crippen MR) is 185 cm³/mol. The number of aromatic nitrogens is 3. The number of fused-ring (bicyclic) bond motifs is 3. The van der Waals surface area contributed by atoms with Gasteiger partial charge in [0.2, 0.25) is 5.91 Å². The Labute approximate surface area is 281 Å². The summed E-state index contributed by atoms with van der Waals surface area (Å²) in [7, 11) is 1.30. The van der Waals surface area contributed by atoms with Gasteiger partial charge < -0.3 is 24.7 Å². The normalized spacial score (nSPS) is 17.2. The average Bonchev–Trinajstić information content (AvgIpc) is 3.84. The van der Waals surface area contributed by atoms with Crippen molar-refractivity contribution in [2.75, 3.05) is 13.7 Å². The zero-order chi connectivity index (χ0) is 34.5. The van der Waals surface area contributed by atoms with Crippen LogP contribution in [0.1, 0.15) is 84.3 Å². The second-order valence-corrected chi connectivity index (χ2v) is 14.6. The summed E-state index contributed by atoms with van der Waals surface area (Å²) in [5.41, 5.74) is 7.47. The number of rotatable bonds is 6. The molecule has 2 atom stereocenters. The molecule has 6 rings (SSSR count). The van der Waals surface area contributed by atoms with Crippen LogP contribution in [0, 0.1) is 5.92 Å². The Morgan fingerprint density at radius 2 is 1.69 bits per heavy atom. The van der Waals surface area contributed by atoms with Gasteiger partial charge >= 0.3 is 12.2 Å². The van der Waals surface area contributed by atoms with E-state index in [1.165, 1.54) is 29.4 Å². The molecule has 0 bridgehead atoms. The molecule has 0 radical (unpaired) electrons. The summed E-state index contributed by atoms with van der Waals surface area (Å²) in [5, 5.41) is 2.71. The Morgan fingerprint density at radius 1 is 1.02 bits per heavy atom. The van der Waals surface area contributed by atoms with Crippen molar-refractivity contribution in [1.29, 1.82) is 0 Å². The molecule has 1 fully saturated rings. The van der Waals surface area contributed by atoms with Gasteiger partial charge in [0, 0.05) is 18.2 Å². The van der Waals surface area contributed by atoms with Crippen LogP contribution in [0.25, 0.3) is 33.6 Å². The number of alkyl carbamates (subject to hydrolysis) is 1. The van der Waals surface area contributed by atoms with E-state index < -0.39 is 23.8 Å². The van der Waals surface area contributed by atoms with Crippen molar-refractivity contribution in [2.24, 2.45) is 5.92 Å². The lowest BCUT2D eigenvalue weighted by atomic mass is 9.81. The molecule has 0 spiro atoms. The minimum atomic E-state index is -0.685. The molecular weight excluding hydrogens is 606 g/mol. The number of hydrogen-bond donors (Lipinski definition) is 2. The number of carbonyl (C=O) groups is 3. The van der Waals surface area contributed by atoms with Gasteiger partial charge in [-0.2, -0.15) is 0 Å². The van der Waals surface area contributed by atoms with Crippen LogP contribution in [0.15, 0.2) is 60.9 Å². The topological polar surface area (TPSA) is 119 Å². The second kappa shape index (κ2) is 12.3. The van der Waals surface area contributed by atoms with Crippen LogP contribution in [0.3, 0.4) is 0 Å². The van der Waals surface area contributed by atoms with E-state index in [2.05, 4.69) is 60.5 Å². The highest BCUT2D eigenvalue weighted by Gasteiger charge is 2.39. The molecule has 252 valence electrons. The molecule has 48 heavy (non-hydrogen) atoms. The molecule has 10 heteroatoms. The smallest absolute Gasteiger partial charge is 0.418 e. The fourth-order valence-corrected chi connectivity index (χ4v) is 7.00. The van der Waals surface area contributed by atoms with Crippen molar-refractivity contribution in [3.05, 3.63) is 77.9 Å². The zero-order valence-electron chi connectivity index (χ0n) is 29.0. The summed E-state index contributed by atoms with van der Waals surface area (Å²) < 4.78 is 12.0. The van der Waals surface area contributed by atoms with Gasteiger partial charge in [0.1, 0.15) is 17.5 Å². The standard InChI is InChI=1S/C38H45N5O5/c1-22(2)32(41-35(45)47-8)34(44)42-17-10-12-31(42)33-39-21-29(40-33)23-13-15-25-26-16-14-24(20-28(26)38(6,7)27(25)19-23)30-11-9-18-43(30)36(46)48-37(3,4)5/h9,11,13-16,18-22,31-32H,10,12,17H2,1-8H3,(H,39,40)(H,41,45)/t31-,32-/m0/s1. The third-order valence-electron chi connectivity index (χ3n) is 9.46. The number of aromatic amines is 1. The van der Waals surface area contributed by atoms with Crippen molar-refractivity contribution in [1.82, 2.24) is 24.8 Å². The summed E-state index contributed by atoms with van der Waals surface area (Å²) in [6.07, 6.45) is 4.19. The molecule has 2 aromatic heterocycles. The molecule has 1 aliphatic heterocycles. The van der Waals surface area contributed by atoms with E-state index in [9.17, 15) is 14.4 Å². The predicted octanol–water partition coefficient (Wildman–Crippen LogP) is 7.68. The van der Waals surface area contributed by atoms with Crippen LogP contribution in [0.5, 0.6) is 0 Å². The number of methoxy groups -OCH3 is 1. The Balaban J connectivity index is 1.26. The number of imidazole rings is 1. The lowest BCUT2D eigenvalue weighted by Crippen LogP contribution is -2.51. The number of H-pyrrole nitrogens is 1. The van der Waals surface area contributed by atoms with E-state index in [1.807, 2.05) is 57.8 Å². The third kappa shape index (κ3) is 6.00. The van der Waals surface area contributed by atoms with Crippen molar-refractivity contribution in [2.45, 2.75) is 84.4 Å². The van der Waals surface area contributed by atoms with E-state index in [0.29, 0.717) is 6.54 Å². The first-order chi connectivity index (χ1) is 22.7. The molecule has 2 aliphatic rings. The van der Waals surface area contributed by atoms with Crippen LogP contribution in [0.4, 0.5) is 9.59 Å². The van der Waals surface area contributed by atoms with E-state index in [0.717, 1.165) is 41.2 Å². The van der Waals surface area contributed by atoms with Crippen LogP contribution in [0.2, 0.25) is 0 Å². The second-order valence-electron chi connectivity index (χ2n) is 14.6. The van der Waals surface area contributed by atoms with E-state index in [4.69, 9.17) is 14.5 Å². The van der Waals surface area contributed by atoms with Crippen LogP contribution in [-0.2, 0) is 19.7 Å². The quantitative estimate of drug-likeness (QED) is 0.221. The number of ether oxygens (including phenoxy) is 2. The molecule has 2 N–H and O–H groups in total. The SMILES string of the molecule is COC(=O)N[C@H](C(=O)N1CCC[C@H]1c1ncc(-c2ccc3c(c2)C(C)(C)c2cc(-c4cccn4C(=O)OC(C)(C)C)ccc2-3)[nH]1)C(C)C. The summed E-state index contributed by atoms with van der Waals surface area (Å²) in [6, 6.07) is 15.8.